The summed E-state index contributed by atoms with van der Waals surface area (Å²) in [4.78, 5) is 24.2. The number of hydrogen-bond acceptors (Lipinski definition) is 4. The average molecular weight is 376 g/mol. The van der Waals surface area contributed by atoms with E-state index in [1.807, 2.05) is 30.3 Å². The minimum Gasteiger partial charge on any atom is -0.457 e. The van der Waals surface area contributed by atoms with Crippen molar-refractivity contribution >= 4 is 17.5 Å². The Morgan fingerprint density at radius 1 is 0.857 bits per heavy atom. The molecule has 3 N–H and O–H groups in total. The second-order valence-corrected chi connectivity index (χ2v) is 6.03. The zero-order valence-corrected chi connectivity index (χ0v) is 15.1. The van der Waals surface area contributed by atoms with Crippen molar-refractivity contribution in [3.63, 3.8) is 0 Å². The van der Waals surface area contributed by atoms with E-state index in [1.165, 1.54) is 0 Å². The first-order chi connectivity index (χ1) is 13.6. The van der Waals surface area contributed by atoms with Crippen molar-refractivity contribution in [2.24, 2.45) is 0 Å². The van der Waals surface area contributed by atoms with Crippen LogP contribution in [-0.4, -0.2) is 23.5 Å². The maximum Gasteiger partial charge on any atom is 0.251 e. The van der Waals surface area contributed by atoms with E-state index in [4.69, 9.17) is 9.84 Å². The Hall–Kier alpha value is -3.64. The fourth-order valence-corrected chi connectivity index (χ4v) is 2.51. The van der Waals surface area contributed by atoms with Gasteiger partial charge in [-0.15, -0.1) is 0 Å². The maximum absolute atomic E-state index is 12.2. The van der Waals surface area contributed by atoms with E-state index in [1.54, 1.807) is 48.5 Å². The quantitative estimate of drug-likeness (QED) is 0.590. The van der Waals surface area contributed by atoms with Gasteiger partial charge in [0, 0.05) is 11.3 Å². The zero-order valence-electron chi connectivity index (χ0n) is 15.1. The fourth-order valence-electron chi connectivity index (χ4n) is 2.51. The standard InChI is InChI=1S/C22H20N2O4/c25-15-16-5-4-6-18(13-16)24-21(26)14-23-22(27)17-9-11-20(12-10-17)28-19-7-2-1-3-8-19/h1-13,25H,14-15H2,(H,23,27)(H,24,26). The van der Waals surface area contributed by atoms with Crippen LogP contribution < -0.4 is 15.4 Å². The van der Waals surface area contributed by atoms with Crippen molar-refractivity contribution < 1.29 is 19.4 Å². The molecule has 0 fully saturated rings. The minimum atomic E-state index is -0.356. The van der Waals surface area contributed by atoms with Crippen molar-refractivity contribution in [1.82, 2.24) is 5.32 Å². The van der Waals surface area contributed by atoms with Crippen LogP contribution in [0.3, 0.4) is 0 Å². The lowest BCUT2D eigenvalue weighted by molar-refractivity contribution is -0.115. The molecule has 0 saturated carbocycles. The Morgan fingerprint density at radius 2 is 1.57 bits per heavy atom. The number of amides is 2. The van der Waals surface area contributed by atoms with Gasteiger partial charge in [0.05, 0.1) is 13.2 Å². The van der Waals surface area contributed by atoms with Gasteiger partial charge in [0.1, 0.15) is 11.5 Å². The van der Waals surface area contributed by atoms with Crippen LogP contribution in [0.25, 0.3) is 0 Å². The van der Waals surface area contributed by atoms with Gasteiger partial charge in [-0.2, -0.15) is 0 Å². The molecule has 0 heterocycles. The molecule has 0 saturated heterocycles. The van der Waals surface area contributed by atoms with Gasteiger partial charge in [-0.25, -0.2) is 0 Å². The number of aliphatic hydroxyl groups excluding tert-OH is 1. The first-order valence-corrected chi connectivity index (χ1v) is 8.75. The van der Waals surface area contributed by atoms with Gasteiger partial charge in [0.25, 0.3) is 5.91 Å². The van der Waals surface area contributed by atoms with E-state index in [0.717, 1.165) is 0 Å². The van der Waals surface area contributed by atoms with Gasteiger partial charge in [-0.1, -0.05) is 30.3 Å². The number of benzene rings is 3. The lowest BCUT2D eigenvalue weighted by Crippen LogP contribution is -2.32. The summed E-state index contributed by atoms with van der Waals surface area (Å²) in [6.07, 6.45) is 0. The zero-order chi connectivity index (χ0) is 19.8. The summed E-state index contributed by atoms with van der Waals surface area (Å²) >= 11 is 0. The van der Waals surface area contributed by atoms with E-state index in [-0.39, 0.29) is 25.0 Å². The summed E-state index contributed by atoms with van der Waals surface area (Å²) in [5.74, 6) is 0.615. The number of nitrogens with one attached hydrogen (secondary N) is 2. The van der Waals surface area contributed by atoms with Crippen molar-refractivity contribution in [3.8, 4) is 11.5 Å². The average Bonchev–Trinajstić information content (AvgIpc) is 2.73. The summed E-state index contributed by atoms with van der Waals surface area (Å²) in [6, 6.07) is 22.9. The highest BCUT2D eigenvalue weighted by atomic mass is 16.5. The van der Waals surface area contributed by atoms with Crippen molar-refractivity contribution in [2.75, 3.05) is 11.9 Å². The first kappa shape index (κ1) is 19.1. The van der Waals surface area contributed by atoms with Gasteiger partial charge < -0.3 is 20.5 Å². The summed E-state index contributed by atoms with van der Waals surface area (Å²) < 4.78 is 5.68. The van der Waals surface area contributed by atoms with E-state index < -0.39 is 0 Å². The molecule has 0 atom stereocenters. The van der Waals surface area contributed by atoms with Gasteiger partial charge in [0.2, 0.25) is 5.91 Å². The number of hydrogen-bond donors (Lipinski definition) is 3. The predicted molar refractivity (Wildman–Crippen MR) is 106 cm³/mol. The van der Waals surface area contributed by atoms with Crippen LogP contribution in [0.4, 0.5) is 5.69 Å². The van der Waals surface area contributed by atoms with Crippen LogP contribution in [0.5, 0.6) is 11.5 Å². The largest absolute Gasteiger partial charge is 0.457 e. The van der Waals surface area contributed by atoms with E-state index in [0.29, 0.717) is 28.3 Å². The molecule has 3 aromatic carbocycles. The van der Waals surface area contributed by atoms with Gasteiger partial charge in [0.15, 0.2) is 0 Å². The number of aliphatic hydroxyl groups is 1. The highest BCUT2D eigenvalue weighted by Gasteiger charge is 2.09. The van der Waals surface area contributed by atoms with Crippen molar-refractivity contribution in [3.05, 3.63) is 90.0 Å². The smallest absolute Gasteiger partial charge is 0.251 e. The van der Waals surface area contributed by atoms with Gasteiger partial charge >= 0.3 is 0 Å². The second kappa shape index (κ2) is 9.34. The second-order valence-electron chi connectivity index (χ2n) is 6.03. The van der Waals surface area contributed by atoms with Crippen LogP contribution in [0.15, 0.2) is 78.9 Å². The molecular formula is C22H20N2O4. The third-order valence-electron chi connectivity index (χ3n) is 3.90. The lowest BCUT2D eigenvalue weighted by atomic mass is 10.2. The summed E-state index contributed by atoms with van der Waals surface area (Å²) in [5.41, 5.74) is 1.68. The van der Waals surface area contributed by atoms with Gasteiger partial charge in [-0.3, -0.25) is 9.59 Å². The highest BCUT2D eigenvalue weighted by Crippen LogP contribution is 2.21. The molecule has 2 amide bonds. The molecule has 0 aromatic heterocycles. The Kier molecular flexibility index (Phi) is 6.38. The molecular weight excluding hydrogens is 356 g/mol. The number of anilines is 1. The number of carbonyl (C=O) groups excluding carboxylic acids is 2. The molecule has 3 rings (SSSR count). The molecule has 0 aliphatic heterocycles. The highest BCUT2D eigenvalue weighted by molar-refractivity contribution is 5.99. The summed E-state index contributed by atoms with van der Waals surface area (Å²) in [6.45, 7) is -0.269. The Morgan fingerprint density at radius 3 is 2.29 bits per heavy atom. The Bertz CT molecular complexity index is 940. The van der Waals surface area contributed by atoms with Crippen molar-refractivity contribution in [2.45, 2.75) is 6.61 Å². The van der Waals surface area contributed by atoms with E-state index in [9.17, 15) is 9.59 Å². The molecule has 6 heteroatoms. The molecule has 0 spiro atoms. The maximum atomic E-state index is 12.2. The Balaban J connectivity index is 1.50. The molecule has 0 bridgehead atoms. The van der Waals surface area contributed by atoms with Crippen molar-refractivity contribution in [1.29, 1.82) is 0 Å². The van der Waals surface area contributed by atoms with Crippen LogP contribution in [0.1, 0.15) is 15.9 Å². The number of ether oxygens (including phenoxy) is 1. The molecule has 0 radical (unpaired) electrons. The lowest BCUT2D eigenvalue weighted by Gasteiger charge is -2.09. The number of rotatable bonds is 7. The van der Waals surface area contributed by atoms with Gasteiger partial charge in [-0.05, 0) is 54.1 Å². The van der Waals surface area contributed by atoms with Crippen LogP contribution in [0.2, 0.25) is 0 Å². The summed E-state index contributed by atoms with van der Waals surface area (Å²) in [7, 11) is 0. The first-order valence-electron chi connectivity index (χ1n) is 8.75. The van der Waals surface area contributed by atoms with E-state index >= 15 is 0 Å². The fraction of sp³-hybridized carbons (Fsp3) is 0.0909. The third kappa shape index (κ3) is 5.43. The number of carbonyl (C=O) groups is 2. The molecule has 0 aliphatic carbocycles. The molecule has 0 aliphatic rings. The normalized spacial score (nSPS) is 10.2. The third-order valence-corrected chi connectivity index (χ3v) is 3.90. The van der Waals surface area contributed by atoms with Crippen LogP contribution in [-0.2, 0) is 11.4 Å². The summed E-state index contributed by atoms with van der Waals surface area (Å²) in [5, 5.41) is 14.4. The molecule has 3 aromatic rings. The van der Waals surface area contributed by atoms with Crippen LogP contribution >= 0.6 is 0 Å². The number of para-hydroxylation sites is 1. The van der Waals surface area contributed by atoms with E-state index in [2.05, 4.69) is 10.6 Å². The van der Waals surface area contributed by atoms with Crippen LogP contribution in [0, 0.1) is 0 Å². The molecule has 28 heavy (non-hydrogen) atoms. The molecule has 142 valence electrons. The molecule has 0 unspecified atom stereocenters. The predicted octanol–water partition coefficient (Wildman–Crippen LogP) is 3.34. The topological polar surface area (TPSA) is 87.7 Å². The Labute approximate surface area is 162 Å². The SMILES string of the molecule is O=C(CNC(=O)c1ccc(Oc2ccccc2)cc1)Nc1cccc(CO)c1. The minimum absolute atomic E-state index is 0.107. The molecule has 6 nitrogen and oxygen atoms in total. The monoisotopic (exact) mass is 376 g/mol.